The van der Waals surface area contributed by atoms with Crippen LogP contribution in [-0.2, 0) is 57.1 Å². The van der Waals surface area contributed by atoms with Crippen molar-refractivity contribution < 1.29 is 48.3 Å². The van der Waals surface area contributed by atoms with E-state index in [4.69, 9.17) is 18.9 Å². The number of carbonyl (C=O) groups excluding carboxylic acids is 4. The van der Waals surface area contributed by atoms with E-state index in [9.17, 15) is 24.6 Å². The molecule has 6 aliphatic rings. The number of hydrogen-bond donors (Lipinski definition) is 3. The number of rotatable bonds is 9. The van der Waals surface area contributed by atoms with Gasteiger partial charge >= 0.3 is 17.9 Å². The molecule has 2 saturated heterocycles. The molecule has 3 N–H and O–H groups in total. The van der Waals surface area contributed by atoms with Gasteiger partial charge in [0.2, 0.25) is 12.0 Å². The van der Waals surface area contributed by atoms with Gasteiger partial charge in [-0.2, -0.15) is 0 Å². The highest BCUT2D eigenvalue weighted by Crippen LogP contribution is 2.68. The van der Waals surface area contributed by atoms with Gasteiger partial charge in [0.1, 0.15) is 11.2 Å². The fourth-order valence-corrected chi connectivity index (χ4v) is 14.0. The van der Waals surface area contributed by atoms with Crippen LogP contribution in [0.2, 0.25) is 0 Å². The van der Waals surface area contributed by atoms with Crippen molar-refractivity contribution in [3.63, 3.8) is 0 Å². The maximum atomic E-state index is 15.5. The first-order valence-corrected chi connectivity index (χ1v) is 22.6. The molecule has 0 radical (unpaired) electrons. The lowest BCUT2D eigenvalue weighted by atomic mass is 9.47. The quantitative estimate of drug-likeness (QED) is 0.120. The number of amides is 1. The fraction of sp³-hybridized carbons (Fsp3) is 0.592. The van der Waals surface area contributed by atoms with E-state index in [-0.39, 0.29) is 12.3 Å². The van der Waals surface area contributed by atoms with Gasteiger partial charge in [-0.1, -0.05) is 32.9 Å². The molecule has 14 nitrogen and oxygen atoms in total. The molecule has 1 saturated carbocycles. The number of benzene rings is 2. The highest BCUT2D eigenvalue weighted by molar-refractivity contribution is 5.97. The van der Waals surface area contributed by atoms with Crippen LogP contribution in [0, 0.1) is 18.3 Å². The molecule has 1 spiro atoms. The minimum Gasteiger partial charge on any atom is -0.496 e. The number of nitrogens with zero attached hydrogens (tertiary/aromatic N) is 3. The fourth-order valence-electron chi connectivity index (χ4n) is 14.0. The summed E-state index contributed by atoms with van der Waals surface area (Å²) in [5.41, 5.74) is -0.759. The van der Waals surface area contributed by atoms with Crippen LogP contribution in [0.15, 0.2) is 36.4 Å². The van der Waals surface area contributed by atoms with Crippen LogP contribution in [0.3, 0.4) is 0 Å². The molecular weight excluding hydrogens is 805 g/mol. The summed E-state index contributed by atoms with van der Waals surface area (Å²) in [6.45, 7) is 12.4. The van der Waals surface area contributed by atoms with Crippen molar-refractivity contribution in [1.82, 2.24) is 14.8 Å². The lowest BCUT2D eigenvalue weighted by Gasteiger charge is -2.63. The number of anilines is 1. The number of fused-ring (bicyclic) bond motifs is 6. The monoisotopic (exact) mass is 866 g/mol. The van der Waals surface area contributed by atoms with Crippen LogP contribution in [-0.4, -0.2) is 133 Å². The molecule has 5 aliphatic heterocycles. The topological polar surface area (TPSA) is 171 Å². The van der Waals surface area contributed by atoms with Gasteiger partial charge in [-0.05, 0) is 105 Å². The van der Waals surface area contributed by atoms with Crippen molar-refractivity contribution in [2.45, 2.75) is 120 Å². The van der Waals surface area contributed by atoms with Gasteiger partial charge in [0.25, 0.3) is 0 Å². The number of piperidine rings is 1. The second kappa shape index (κ2) is 15.2. The Bertz CT molecular complexity index is 2430. The summed E-state index contributed by atoms with van der Waals surface area (Å²) in [5.74, 6) is -2.06. The van der Waals surface area contributed by atoms with Crippen molar-refractivity contribution in [3.8, 4) is 5.75 Å². The molecule has 14 heteroatoms. The molecule has 63 heavy (non-hydrogen) atoms. The Morgan fingerprint density at radius 3 is 2.37 bits per heavy atom. The maximum Gasteiger partial charge on any atom is 0.344 e. The number of H-pyrrole nitrogens is 1. The first-order valence-electron chi connectivity index (χ1n) is 22.6. The molecule has 3 aromatic rings. The first kappa shape index (κ1) is 43.5. The van der Waals surface area contributed by atoms with E-state index in [1.54, 1.807) is 6.07 Å². The first-order chi connectivity index (χ1) is 30.1. The van der Waals surface area contributed by atoms with Gasteiger partial charge in [-0.15, -0.1) is 0 Å². The number of nitrogens with one attached hydrogen (secondary N) is 1. The molecule has 2 aromatic carbocycles. The molecule has 3 fully saturated rings. The number of aryl methyl sites for hydroxylation is 2. The van der Waals surface area contributed by atoms with E-state index >= 15 is 4.79 Å². The summed E-state index contributed by atoms with van der Waals surface area (Å²) in [6.07, 6.45) is 6.68. The lowest BCUT2D eigenvalue weighted by Crippen LogP contribution is -2.81. The third-order valence-electron chi connectivity index (χ3n) is 16.4. The van der Waals surface area contributed by atoms with E-state index < -0.39 is 63.5 Å². The lowest BCUT2D eigenvalue weighted by molar-refractivity contribution is -0.228. The zero-order chi connectivity index (χ0) is 45.0. The Morgan fingerprint density at radius 2 is 1.71 bits per heavy atom. The van der Waals surface area contributed by atoms with Crippen LogP contribution < -0.4 is 9.64 Å². The largest absolute Gasteiger partial charge is 0.496 e. The van der Waals surface area contributed by atoms with Crippen molar-refractivity contribution in [1.29, 1.82) is 0 Å². The van der Waals surface area contributed by atoms with Gasteiger partial charge < -0.3 is 39.0 Å². The molecule has 1 aromatic heterocycles. The van der Waals surface area contributed by atoms with Gasteiger partial charge in [0, 0.05) is 78.2 Å². The van der Waals surface area contributed by atoms with E-state index in [2.05, 4.69) is 40.8 Å². The Balaban J connectivity index is 1.39. The van der Waals surface area contributed by atoms with Gasteiger partial charge in [-0.3, -0.25) is 24.2 Å². The van der Waals surface area contributed by atoms with E-state index in [0.717, 1.165) is 28.5 Å². The van der Waals surface area contributed by atoms with Gasteiger partial charge in [0.15, 0.2) is 6.10 Å². The molecular formula is C49H62N4O10. The zero-order valence-electron chi connectivity index (χ0n) is 37.8. The van der Waals surface area contributed by atoms with E-state index in [1.165, 1.54) is 38.7 Å². The molecule has 9 rings (SSSR count). The summed E-state index contributed by atoms with van der Waals surface area (Å²) < 4.78 is 23.9. The van der Waals surface area contributed by atoms with Crippen LogP contribution >= 0.6 is 0 Å². The maximum absolute atomic E-state index is 15.5. The summed E-state index contributed by atoms with van der Waals surface area (Å²) in [7, 11) is 4.12. The van der Waals surface area contributed by atoms with Gasteiger partial charge in [-0.25, -0.2) is 4.79 Å². The molecule has 1 amide bonds. The Morgan fingerprint density at radius 1 is 0.952 bits per heavy atom. The SMILES string of the molecule is CCc1cc2[nH]c3c(c2cc1C)CCN1C[C@H](C[C@@](O)(CC)C1)C[C@]3(C(=O)OC)c1cc2c(cc1OC)N(C=O)[C@H]1[C@@](O)(C(=O)OC)[C@H](OC(C)=O)[C@]3(CC)C=CCN4CC[C@]21[C@@H]43. The van der Waals surface area contributed by atoms with Crippen molar-refractivity contribution >= 4 is 40.9 Å². The van der Waals surface area contributed by atoms with Crippen LogP contribution in [0.4, 0.5) is 5.69 Å². The van der Waals surface area contributed by atoms with E-state index in [1.807, 2.05) is 32.1 Å². The normalized spacial score (nSPS) is 35.3. The summed E-state index contributed by atoms with van der Waals surface area (Å²) >= 11 is 0. The number of aromatic nitrogens is 1. The highest BCUT2D eigenvalue weighted by atomic mass is 16.6. The number of methoxy groups -OCH3 is 3. The average Bonchev–Trinajstić information content (AvgIpc) is 3.94. The smallest absolute Gasteiger partial charge is 0.344 e. The number of ether oxygens (including phenoxy) is 4. The second-order valence-electron chi connectivity index (χ2n) is 19.2. The van der Waals surface area contributed by atoms with Crippen LogP contribution in [0.25, 0.3) is 10.9 Å². The molecule has 338 valence electrons. The Labute approximate surface area is 368 Å². The van der Waals surface area contributed by atoms with E-state index in [0.29, 0.717) is 99.5 Å². The predicted octanol–water partition coefficient (Wildman–Crippen LogP) is 4.39. The summed E-state index contributed by atoms with van der Waals surface area (Å²) in [4.78, 5) is 66.7. The Kier molecular flexibility index (Phi) is 10.5. The molecule has 1 unspecified atom stereocenters. The molecule has 1 aliphatic carbocycles. The number of aromatic amines is 1. The number of aliphatic hydroxyl groups is 2. The van der Waals surface area contributed by atoms with Crippen LogP contribution in [0.5, 0.6) is 5.75 Å². The number of carbonyl (C=O) groups is 4. The standard InChI is InChI=1S/C49H62N4O10/c1-9-31-20-36-33(19-28(31)4)32-13-17-51-25-30(23-45(58,10-2)26-51)24-48(39(32)50-36,43(56)61-7)35-21-34-37(22-38(35)60-6)53(27-54)41-47(34)15-18-52-16-12-14-46(11-3,40(47)52)42(63-29(5)55)49(41,59)44(57)62-8/h12,14,19-22,27,30,40-42,50,58-59H,9-11,13,15-18,23-26H2,1-8H3/t30-,40+,41-,42-,45+,46-,47-,48+,49+/m1/s1. The number of hydrogen-bond acceptors (Lipinski definition) is 12. The molecule has 2 bridgehead atoms. The van der Waals surface area contributed by atoms with Crippen molar-refractivity contribution in [2.75, 3.05) is 59.0 Å². The third-order valence-corrected chi connectivity index (χ3v) is 16.4. The predicted molar refractivity (Wildman–Crippen MR) is 235 cm³/mol. The highest BCUT2D eigenvalue weighted by Gasteiger charge is 2.81. The molecule has 10 atom stereocenters. The zero-order valence-corrected chi connectivity index (χ0v) is 37.8. The minimum atomic E-state index is -2.54. The minimum absolute atomic E-state index is 0.162. The third kappa shape index (κ3) is 5.75. The van der Waals surface area contributed by atoms with Crippen molar-refractivity contribution in [2.24, 2.45) is 11.3 Å². The molecule has 6 heterocycles. The number of esters is 3. The van der Waals surface area contributed by atoms with Gasteiger partial charge in [0.05, 0.1) is 38.7 Å². The van der Waals surface area contributed by atoms with Crippen molar-refractivity contribution in [3.05, 3.63) is 69.9 Å². The van der Waals surface area contributed by atoms with Crippen LogP contribution in [0.1, 0.15) is 93.3 Å². The Hall–Kier alpha value is -4.76. The average molecular weight is 867 g/mol. The summed E-state index contributed by atoms with van der Waals surface area (Å²) in [5, 5.41) is 26.4. The summed E-state index contributed by atoms with van der Waals surface area (Å²) in [6, 6.07) is 6.38. The second-order valence-corrected chi connectivity index (χ2v) is 19.2.